The number of anilines is 1. The Hall–Kier alpha value is -2.01. The summed E-state index contributed by atoms with van der Waals surface area (Å²) in [5, 5.41) is 9.14. The van der Waals surface area contributed by atoms with E-state index in [1.54, 1.807) is 11.9 Å². The van der Waals surface area contributed by atoms with Gasteiger partial charge in [-0.05, 0) is 31.2 Å². The largest absolute Gasteiger partial charge is 0.478 e. The van der Waals surface area contributed by atoms with Crippen molar-refractivity contribution in [1.29, 1.82) is 0 Å². The van der Waals surface area contributed by atoms with Gasteiger partial charge in [0.15, 0.2) is 0 Å². The number of carbonyl (C=O) groups is 1. The van der Waals surface area contributed by atoms with Crippen molar-refractivity contribution in [1.82, 2.24) is 4.98 Å². The molecule has 2 aromatic rings. The molecule has 0 unspecified atom stereocenters. The van der Waals surface area contributed by atoms with Crippen LogP contribution in [0.15, 0.2) is 28.7 Å². The van der Waals surface area contributed by atoms with Crippen LogP contribution in [0.5, 0.6) is 0 Å². The number of rotatable bonds is 4. The Morgan fingerprint density at radius 3 is 2.79 bits per heavy atom. The van der Waals surface area contributed by atoms with Crippen molar-refractivity contribution in [2.24, 2.45) is 0 Å². The second-order valence-electron chi connectivity index (χ2n) is 4.21. The first-order chi connectivity index (χ1) is 8.95. The van der Waals surface area contributed by atoms with Crippen molar-refractivity contribution in [2.45, 2.75) is 13.5 Å². The molecule has 5 nitrogen and oxygen atoms in total. The predicted octanol–water partition coefficient (Wildman–Crippen LogP) is 2.97. The summed E-state index contributed by atoms with van der Waals surface area (Å²) < 4.78 is 5.46. The molecule has 0 saturated heterocycles. The van der Waals surface area contributed by atoms with Crippen LogP contribution in [0.3, 0.4) is 0 Å². The molecule has 100 valence electrons. The molecule has 0 aliphatic rings. The first kappa shape index (κ1) is 13.4. The fraction of sp³-hybridized carbons (Fsp3) is 0.231. The van der Waals surface area contributed by atoms with Gasteiger partial charge < -0.3 is 14.4 Å². The molecule has 2 aromatic heterocycles. The molecule has 0 atom stereocenters. The van der Waals surface area contributed by atoms with Crippen LogP contribution >= 0.6 is 11.6 Å². The predicted molar refractivity (Wildman–Crippen MR) is 71.8 cm³/mol. The molecule has 0 saturated carbocycles. The molecule has 2 rings (SSSR count). The summed E-state index contributed by atoms with van der Waals surface area (Å²) in [6, 6.07) is 6.54. The van der Waals surface area contributed by atoms with E-state index in [2.05, 4.69) is 4.98 Å². The quantitative estimate of drug-likeness (QED) is 0.872. The average molecular weight is 281 g/mol. The molecule has 2 heterocycles. The van der Waals surface area contributed by atoms with Crippen LogP contribution in [-0.2, 0) is 6.54 Å². The van der Waals surface area contributed by atoms with Gasteiger partial charge in [-0.2, -0.15) is 0 Å². The summed E-state index contributed by atoms with van der Waals surface area (Å²) >= 11 is 5.82. The standard InChI is InChI=1S/C13H13ClN2O3/c1-8-3-4-10(19-8)7-16(2)12-6-9(13(17)18)5-11(14)15-12/h3-6H,7H2,1-2H3,(H,17,18). The van der Waals surface area contributed by atoms with Crippen LogP contribution in [0.2, 0.25) is 5.15 Å². The first-order valence-electron chi connectivity index (χ1n) is 5.63. The van der Waals surface area contributed by atoms with Gasteiger partial charge in [0.2, 0.25) is 0 Å². The zero-order valence-electron chi connectivity index (χ0n) is 10.6. The Balaban J connectivity index is 2.23. The maximum atomic E-state index is 11.0. The van der Waals surface area contributed by atoms with E-state index in [1.165, 1.54) is 12.1 Å². The number of nitrogens with zero attached hydrogens (tertiary/aromatic N) is 2. The molecule has 0 aliphatic carbocycles. The van der Waals surface area contributed by atoms with Crippen molar-refractivity contribution in [2.75, 3.05) is 11.9 Å². The molecular formula is C13H13ClN2O3. The van der Waals surface area contributed by atoms with Gasteiger partial charge in [-0.25, -0.2) is 9.78 Å². The number of pyridine rings is 1. The van der Waals surface area contributed by atoms with E-state index in [1.807, 2.05) is 19.1 Å². The lowest BCUT2D eigenvalue weighted by Crippen LogP contribution is -2.18. The van der Waals surface area contributed by atoms with Crippen molar-refractivity contribution in [3.63, 3.8) is 0 Å². The van der Waals surface area contributed by atoms with Gasteiger partial charge in [-0.1, -0.05) is 11.6 Å². The molecule has 1 N–H and O–H groups in total. The van der Waals surface area contributed by atoms with E-state index in [4.69, 9.17) is 21.1 Å². The monoisotopic (exact) mass is 280 g/mol. The van der Waals surface area contributed by atoms with Gasteiger partial charge in [0, 0.05) is 7.05 Å². The maximum Gasteiger partial charge on any atom is 0.335 e. The average Bonchev–Trinajstić information content (AvgIpc) is 2.73. The molecule has 0 amide bonds. The van der Waals surface area contributed by atoms with Crippen LogP contribution in [-0.4, -0.2) is 23.1 Å². The number of halogens is 1. The molecule has 19 heavy (non-hydrogen) atoms. The highest BCUT2D eigenvalue weighted by Crippen LogP contribution is 2.19. The van der Waals surface area contributed by atoms with Gasteiger partial charge in [0.05, 0.1) is 12.1 Å². The Morgan fingerprint density at radius 2 is 2.21 bits per heavy atom. The summed E-state index contributed by atoms with van der Waals surface area (Å²) in [5.74, 6) is 1.05. The minimum atomic E-state index is -1.03. The van der Waals surface area contributed by atoms with Crippen LogP contribution in [0, 0.1) is 6.92 Å². The molecular weight excluding hydrogens is 268 g/mol. The molecule has 6 heteroatoms. The summed E-state index contributed by atoms with van der Waals surface area (Å²) in [6.07, 6.45) is 0. The maximum absolute atomic E-state index is 11.0. The SMILES string of the molecule is Cc1ccc(CN(C)c2cc(C(=O)O)cc(Cl)n2)o1. The second kappa shape index (κ2) is 5.32. The summed E-state index contributed by atoms with van der Waals surface area (Å²) in [6.45, 7) is 2.35. The number of carboxylic acid groups (broad SMARTS) is 1. The highest BCUT2D eigenvalue weighted by Gasteiger charge is 2.12. The third-order valence-electron chi connectivity index (χ3n) is 2.61. The highest BCUT2D eigenvalue weighted by molar-refractivity contribution is 6.29. The third kappa shape index (κ3) is 3.26. The summed E-state index contributed by atoms with van der Waals surface area (Å²) in [7, 11) is 1.79. The van der Waals surface area contributed by atoms with Crippen molar-refractivity contribution in [3.8, 4) is 0 Å². The number of carboxylic acids is 1. The molecule has 0 spiro atoms. The summed E-state index contributed by atoms with van der Waals surface area (Å²) in [5.41, 5.74) is 0.109. The van der Waals surface area contributed by atoms with E-state index in [9.17, 15) is 4.79 Å². The highest BCUT2D eigenvalue weighted by atomic mass is 35.5. The Kier molecular flexibility index (Phi) is 3.76. The second-order valence-corrected chi connectivity index (χ2v) is 4.60. The molecule has 0 bridgehead atoms. The smallest absolute Gasteiger partial charge is 0.335 e. The number of aryl methyl sites for hydroxylation is 1. The lowest BCUT2D eigenvalue weighted by atomic mass is 10.2. The van der Waals surface area contributed by atoms with E-state index in [0.717, 1.165) is 11.5 Å². The lowest BCUT2D eigenvalue weighted by molar-refractivity contribution is 0.0697. The van der Waals surface area contributed by atoms with Crippen LogP contribution < -0.4 is 4.90 Å². The van der Waals surface area contributed by atoms with E-state index in [0.29, 0.717) is 12.4 Å². The normalized spacial score (nSPS) is 10.5. The zero-order chi connectivity index (χ0) is 14.0. The number of aromatic nitrogens is 1. The topological polar surface area (TPSA) is 66.6 Å². The molecule has 0 aliphatic heterocycles. The van der Waals surface area contributed by atoms with Crippen LogP contribution in [0.25, 0.3) is 0 Å². The van der Waals surface area contributed by atoms with Gasteiger partial charge in [-0.15, -0.1) is 0 Å². The Bertz CT molecular complexity index is 610. The zero-order valence-corrected chi connectivity index (χ0v) is 11.3. The van der Waals surface area contributed by atoms with Crippen molar-refractivity contribution in [3.05, 3.63) is 46.5 Å². The number of aromatic carboxylic acids is 1. The van der Waals surface area contributed by atoms with Crippen LogP contribution in [0.1, 0.15) is 21.9 Å². The Labute approximate surface area is 115 Å². The van der Waals surface area contributed by atoms with Gasteiger partial charge >= 0.3 is 5.97 Å². The lowest BCUT2D eigenvalue weighted by Gasteiger charge is -2.17. The number of hydrogen-bond acceptors (Lipinski definition) is 4. The number of furan rings is 1. The summed E-state index contributed by atoms with van der Waals surface area (Å²) in [4.78, 5) is 16.8. The van der Waals surface area contributed by atoms with Crippen molar-refractivity contribution < 1.29 is 14.3 Å². The first-order valence-corrected chi connectivity index (χ1v) is 6.01. The molecule has 0 fully saturated rings. The van der Waals surface area contributed by atoms with E-state index in [-0.39, 0.29) is 10.7 Å². The third-order valence-corrected chi connectivity index (χ3v) is 2.80. The van der Waals surface area contributed by atoms with Gasteiger partial charge in [0.1, 0.15) is 22.5 Å². The van der Waals surface area contributed by atoms with Crippen LogP contribution in [0.4, 0.5) is 5.82 Å². The molecule has 0 aromatic carbocycles. The van der Waals surface area contributed by atoms with Gasteiger partial charge in [0.25, 0.3) is 0 Å². The van der Waals surface area contributed by atoms with E-state index >= 15 is 0 Å². The fourth-order valence-electron chi connectivity index (χ4n) is 1.69. The fourth-order valence-corrected chi connectivity index (χ4v) is 1.89. The number of hydrogen-bond donors (Lipinski definition) is 1. The minimum absolute atomic E-state index is 0.109. The van der Waals surface area contributed by atoms with Crippen molar-refractivity contribution >= 4 is 23.4 Å². The minimum Gasteiger partial charge on any atom is -0.478 e. The van der Waals surface area contributed by atoms with E-state index < -0.39 is 5.97 Å². The Morgan fingerprint density at radius 1 is 1.47 bits per heavy atom. The van der Waals surface area contributed by atoms with Gasteiger partial charge in [-0.3, -0.25) is 0 Å². The molecule has 0 radical (unpaired) electrons.